The molecule has 1 unspecified atom stereocenters. The van der Waals surface area contributed by atoms with Crippen LogP contribution in [-0.4, -0.2) is 40.6 Å². The lowest BCUT2D eigenvalue weighted by Gasteiger charge is -2.21. The first-order chi connectivity index (χ1) is 9.99. The first-order valence-electron chi connectivity index (χ1n) is 6.60. The molecule has 0 fully saturated rings. The molecule has 7 heteroatoms. The number of hydrogen-bond acceptors (Lipinski definition) is 4. The molecule has 0 saturated carbocycles. The number of rotatable bonds is 5. The van der Waals surface area contributed by atoms with Crippen LogP contribution >= 0.6 is 0 Å². The molecule has 21 heavy (non-hydrogen) atoms. The minimum absolute atomic E-state index is 0.385. The van der Waals surface area contributed by atoms with Crippen LogP contribution in [0.25, 0.3) is 0 Å². The standard InChI is InChI=1S/C14H16N2O5/c17-12(18)7-11(14(20)21)16-13(19)9-3-1-5-10-8(9)4-2-6-15-10/h1,3,5,11,15H,2,4,6-7H2,(H,16,19)(H,17,18)(H,20,21). The molecule has 7 nitrogen and oxygen atoms in total. The lowest BCUT2D eigenvalue weighted by Crippen LogP contribution is -2.42. The average molecular weight is 292 g/mol. The second-order valence-electron chi connectivity index (χ2n) is 4.82. The van der Waals surface area contributed by atoms with Crippen LogP contribution in [0.15, 0.2) is 18.2 Å². The van der Waals surface area contributed by atoms with E-state index in [0.717, 1.165) is 30.6 Å². The predicted octanol–water partition coefficient (Wildman–Crippen LogP) is 0.702. The second-order valence-corrected chi connectivity index (χ2v) is 4.82. The monoisotopic (exact) mass is 292 g/mol. The molecule has 1 aromatic carbocycles. The van der Waals surface area contributed by atoms with Crippen LogP contribution in [0.3, 0.4) is 0 Å². The van der Waals surface area contributed by atoms with Gasteiger partial charge in [-0.05, 0) is 30.5 Å². The van der Waals surface area contributed by atoms with Crippen LogP contribution in [0.2, 0.25) is 0 Å². The van der Waals surface area contributed by atoms with Gasteiger partial charge in [0.2, 0.25) is 0 Å². The number of carboxylic acids is 2. The summed E-state index contributed by atoms with van der Waals surface area (Å²) in [7, 11) is 0. The summed E-state index contributed by atoms with van der Waals surface area (Å²) in [6, 6.07) is 3.74. The number of amides is 1. The van der Waals surface area contributed by atoms with Gasteiger partial charge in [-0.2, -0.15) is 0 Å². The summed E-state index contributed by atoms with van der Waals surface area (Å²) < 4.78 is 0. The number of carboxylic acid groups (broad SMARTS) is 2. The maximum absolute atomic E-state index is 12.2. The Morgan fingerprint density at radius 1 is 1.29 bits per heavy atom. The average Bonchev–Trinajstić information content (AvgIpc) is 2.45. The number of anilines is 1. The summed E-state index contributed by atoms with van der Waals surface area (Å²) in [5.41, 5.74) is 2.08. The van der Waals surface area contributed by atoms with Gasteiger partial charge in [-0.25, -0.2) is 4.79 Å². The van der Waals surface area contributed by atoms with Gasteiger partial charge in [0, 0.05) is 17.8 Å². The summed E-state index contributed by atoms with van der Waals surface area (Å²) in [6.45, 7) is 0.828. The highest BCUT2D eigenvalue weighted by Crippen LogP contribution is 2.25. The summed E-state index contributed by atoms with van der Waals surface area (Å²) in [6.07, 6.45) is 0.950. The smallest absolute Gasteiger partial charge is 0.326 e. The molecule has 2 rings (SSSR count). The third-order valence-electron chi connectivity index (χ3n) is 3.32. The van der Waals surface area contributed by atoms with E-state index in [1.54, 1.807) is 12.1 Å². The molecule has 1 aliphatic heterocycles. The van der Waals surface area contributed by atoms with Crippen LogP contribution in [-0.2, 0) is 16.0 Å². The van der Waals surface area contributed by atoms with Gasteiger partial charge in [-0.1, -0.05) is 6.07 Å². The highest BCUT2D eigenvalue weighted by atomic mass is 16.4. The normalized spacial score (nSPS) is 14.5. The molecular weight excluding hydrogens is 276 g/mol. The minimum atomic E-state index is -1.44. The molecule has 1 aliphatic rings. The molecule has 0 aromatic heterocycles. The van der Waals surface area contributed by atoms with Crippen molar-refractivity contribution in [2.24, 2.45) is 0 Å². The highest BCUT2D eigenvalue weighted by molar-refractivity contribution is 5.99. The van der Waals surface area contributed by atoms with E-state index in [2.05, 4.69) is 10.6 Å². The van der Waals surface area contributed by atoms with Gasteiger partial charge in [0.25, 0.3) is 5.91 Å². The van der Waals surface area contributed by atoms with Gasteiger partial charge in [0.15, 0.2) is 0 Å². The summed E-state index contributed by atoms with van der Waals surface area (Å²) >= 11 is 0. The molecule has 0 aliphatic carbocycles. The van der Waals surface area contributed by atoms with Crippen molar-refractivity contribution in [3.63, 3.8) is 0 Å². The van der Waals surface area contributed by atoms with Crippen molar-refractivity contribution in [3.05, 3.63) is 29.3 Å². The molecule has 112 valence electrons. The zero-order valence-electron chi connectivity index (χ0n) is 11.3. The van der Waals surface area contributed by atoms with Crippen LogP contribution in [0.1, 0.15) is 28.8 Å². The third kappa shape index (κ3) is 3.50. The van der Waals surface area contributed by atoms with E-state index in [-0.39, 0.29) is 0 Å². The van der Waals surface area contributed by atoms with Crippen LogP contribution in [0.4, 0.5) is 5.69 Å². The number of nitrogens with one attached hydrogen (secondary N) is 2. The second kappa shape index (κ2) is 6.25. The largest absolute Gasteiger partial charge is 0.481 e. The lowest BCUT2D eigenvalue weighted by atomic mass is 9.97. The van der Waals surface area contributed by atoms with Crippen molar-refractivity contribution in [1.29, 1.82) is 0 Å². The van der Waals surface area contributed by atoms with Crippen LogP contribution in [0.5, 0.6) is 0 Å². The number of aliphatic carboxylic acids is 2. The number of fused-ring (bicyclic) bond motifs is 1. The fraction of sp³-hybridized carbons (Fsp3) is 0.357. The fourth-order valence-electron chi connectivity index (χ4n) is 2.33. The Balaban J connectivity index is 2.20. The Hall–Kier alpha value is -2.57. The van der Waals surface area contributed by atoms with Gasteiger partial charge in [0.1, 0.15) is 6.04 Å². The SMILES string of the molecule is O=C(O)CC(NC(=O)c1cccc2c1CCCN2)C(=O)O. The Labute approximate surface area is 121 Å². The maximum Gasteiger partial charge on any atom is 0.326 e. The summed E-state index contributed by atoms with van der Waals surface area (Å²) in [5, 5.41) is 23.1. The molecule has 1 atom stereocenters. The number of carbonyl (C=O) groups is 3. The van der Waals surface area contributed by atoms with Crippen molar-refractivity contribution in [2.45, 2.75) is 25.3 Å². The third-order valence-corrected chi connectivity index (χ3v) is 3.32. The summed E-state index contributed by atoms with van der Waals surface area (Å²) in [5.74, 6) is -3.21. The number of benzene rings is 1. The minimum Gasteiger partial charge on any atom is -0.481 e. The molecular formula is C14H16N2O5. The molecule has 0 saturated heterocycles. The first-order valence-corrected chi connectivity index (χ1v) is 6.60. The molecule has 4 N–H and O–H groups in total. The van der Waals surface area contributed by atoms with E-state index in [1.165, 1.54) is 0 Å². The fourth-order valence-corrected chi connectivity index (χ4v) is 2.33. The van der Waals surface area contributed by atoms with E-state index < -0.39 is 30.3 Å². The van der Waals surface area contributed by atoms with Crippen LogP contribution in [0, 0.1) is 0 Å². The molecule has 0 spiro atoms. The lowest BCUT2D eigenvalue weighted by molar-refractivity contribution is -0.145. The van der Waals surface area contributed by atoms with Crippen molar-refractivity contribution < 1.29 is 24.6 Å². The van der Waals surface area contributed by atoms with Gasteiger partial charge in [-0.15, -0.1) is 0 Å². The van der Waals surface area contributed by atoms with Gasteiger partial charge >= 0.3 is 11.9 Å². The topological polar surface area (TPSA) is 116 Å². The Kier molecular flexibility index (Phi) is 4.42. The van der Waals surface area contributed by atoms with E-state index in [1.807, 2.05) is 6.07 Å². The van der Waals surface area contributed by atoms with Crippen molar-refractivity contribution >= 4 is 23.5 Å². The maximum atomic E-state index is 12.2. The van der Waals surface area contributed by atoms with Gasteiger partial charge < -0.3 is 20.8 Å². The molecule has 1 aromatic rings. The quantitative estimate of drug-likeness (QED) is 0.635. The van der Waals surface area contributed by atoms with Gasteiger partial charge in [0.05, 0.1) is 6.42 Å². The van der Waals surface area contributed by atoms with Crippen LogP contribution < -0.4 is 10.6 Å². The van der Waals surface area contributed by atoms with E-state index in [0.29, 0.717) is 5.56 Å². The highest BCUT2D eigenvalue weighted by Gasteiger charge is 2.25. The summed E-state index contributed by atoms with van der Waals surface area (Å²) in [4.78, 5) is 33.9. The molecule has 1 heterocycles. The molecule has 1 amide bonds. The van der Waals surface area contributed by atoms with E-state index in [9.17, 15) is 14.4 Å². The Bertz CT molecular complexity index is 585. The van der Waals surface area contributed by atoms with Crippen molar-refractivity contribution in [3.8, 4) is 0 Å². The molecule has 0 bridgehead atoms. The first kappa shape index (κ1) is 14.8. The van der Waals surface area contributed by atoms with Gasteiger partial charge in [-0.3, -0.25) is 9.59 Å². The van der Waals surface area contributed by atoms with E-state index >= 15 is 0 Å². The zero-order chi connectivity index (χ0) is 15.4. The van der Waals surface area contributed by atoms with Crippen molar-refractivity contribution in [2.75, 3.05) is 11.9 Å². The number of carbonyl (C=O) groups excluding carboxylic acids is 1. The van der Waals surface area contributed by atoms with Crippen molar-refractivity contribution in [1.82, 2.24) is 5.32 Å². The predicted molar refractivity (Wildman–Crippen MR) is 74.4 cm³/mol. The number of hydrogen-bond donors (Lipinski definition) is 4. The zero-order valence-corrected chi connectivity index (χ0v) is 11.3. The van der Waals surface area contributed by atoms with E-state index in [4.69, 9.17) is 10.2 Å². The molecule has 0 radical (unpaired) electrons. The Morgan fingerprint density at radius 3 is 2.71 bits per heavy atom. The Morgan fingerprint density at radius 2 is 2.05 bits per heavy atom.